The van der Waals surface area contributed by atoms with Gasteiger partial charge in [0.2, 0.25) is 11.8 Å². The van der Waals surface area contributed by atoms with Crippen molar-refractivity contribution in [3.63, 3.8) is 0 Å². The molecule has 2 amide bonds. The van der Waals surface area contributed by atoms with E-state index in [9.17, 15) is 9.59 Å². The highest BCUT2D eigenvalue weighted by atomic mass is 16.5. The second-order valence-corrected chi connectivity index (χ2v) is 7.09. The van der Waals surface area contributed by atoms with E-state index in [0.717, 1.165) is 30.7 Å². The van der Waals surface area contributed by atoms with Crippen LogP contribution in [-0.4, -0.2) is 31.0 Å². The van der Waals surface area contributed by atoms with Crippen molar-refractivity contribution in [1.82, 2.24) is 5.32 Å². The van der Waals surface area contributed by atoms with Crippen molar-refractivity contribution in [3.05, 3.63) is 24.3 Å². The molecule has 1 heterocycles. The molecule has 1 N–H and O–H groups in total. The van der Waals surface area contributed by atoms with Gasteiger partial charge in [-0.2, -0.15) is 0 Å². The van der Waals surface area contributed by atoms with Gasteiger partial charge in [-0.25, -0.2) is 0 Å². The number of rotatable bonds is 6. The monoisotopic (exact) mass is 344 g/mol. The molecule has 3 rings (SSSR count). The number of carbonyl (C=O) groups excluding carboxylic acids is 2. The maximum absolute atomic E-state index is 12.5. The third-order valence-electron chi connectivity index (χ3n) is 5.07. The van der Waals surface area contributed by atoms with Crippen LogP contribution in [0, 0.1) is 5.92 Å². The molecule has 1 aromatic rings. The summed E-state index contributed by atoms with van der Waals surface area (Å²) in [6.45, 7) is 3.22. The number of carbonyl (C=O) groups is 2. The van der Waals surface area contributed by atoms with Crippen LogP contribution in [-0.2, 0) is 9.59 Å². The van der Waals surface area contributed by atoms with Gasteiger partial charge in [0.25, 0.3) is 0 Å². The molecule has 5 nitrogen and oxygen atoms in total. The Morgan fingerprint density at radius 1 is 1.20 bits per heavy atom. The lowest BCUT2D eigenvalue weighted by Gasteiger charge is -2.24. The summed E-state index contributed by atoms with van der Waals surface area (Å²) in [5, 5.41) is 3.15. The third kappa shape index (κ3) is 4.53. The quantitative estimate of drug-likeness (QED) is 0.861. The van der Waals surface area contributed by atoms with Crippen molar-refractivity contribution in [2.45, 2.75) is 57.9 Å². The Morgan fingerprint density at radius 3 is 2.60 bits per heavy atom. The topological polar surface area (TPSA) is 58.6 Å². The Labute approximate surface area is 149 Å². The molecule has 2 fully saturated rings. The molecule has 1 atom stereocenters. The molecule has 0 aromatic heterocycles. The first-order valence-electron chi connectivity index (χ1n) is 9.51. The zero-order chi connectivity index (χ0) is 17.6. The van der Waals surface area contributed by atoms with E-state index >= 15 is 0 Å². The summed E-state index contributed by atoms with van der Waals surface area (Å²) >= 11 is 0. The lowest BCUT2D eigenvalue weighted by Crippen LogP contribution is -2.40. The molecule has 0 radical (unpaired) electrons. The summed E-state index contributed by atoms with van der Waals surface area (Å²) in [6, 6.07) is 7.84. The number of nitrogens with zero attached hydrogens (tertiary/aromatic N) is 1. The van der Waals surface area contributed by atoms with E-state index in [1.807, 2.05) is 24.3 Å². The van der Waals surface area contributed by atoms with Crippen LogP contribution < -0.4 is 15.0 Å². The van der Waals surface area contributed by atoms with Crippen LogP contribution in [0.1, 0.15) is 51.9 Å². The van der Waals surface area contributed by atoms with Gasteiger partial charge < -0.3 is 15.0 Å². The number of nitrogens with one attached hydrogen (secondary N) is 1. The number of benzene rings is 1. The van der Waals surface area contributed by atoms with Crippen LogP contribution in [0.2, 0.25) is 0 Å². The molecular formula is C20H28N2O3. The minimum Gasteiger partial charge on any atom is -0.494 e. The van der Waals surface area contributed by atoms with Crippen molar-refractivity contribution in [1.29, 1.82) is 0 Å². The van der Waals surface area contributed by atoms with Gasteiger partial charge in [0.05, 0.1) is 12.5 Å². The Balaban J connectivity index is 1.57. The molecule has 25 heavy (non-hydrogen) atoms. The summed E-state index contributed by atoms with van der Waals surface area (Å²) in [7, 11) is 0. The van der Waals surface area contributed by atoms with E-state index in [4.69, 9.17) is 4.74 Å². The van der Waals surface area contributed by atoms with Gasteiger partial charge in [-0.15, -0.1) is 0 Å². The SMILES string of the molecule is CCCOc1ccc(N2C[C@H](C(=O)NC3CCCCC3)CC2=O)cc1. The number of amides is 2. The standard InChI is InChI=1S/C20H28N2O3/c1-2-12-25-18-10-8-17(9-11-18)22-14-15(13-19(22)23)20(24)21-16-6-4-3-5-7-16/h8-11,15-16H,2-7,12-14H2,1H3,(H,21,24)/t15-/m1/s1. The summed E-state index contributed by atoms with van der Waals surface area (Å²) < 4.78 is 5.58. The molecule has 0 bridgehead atoms. The second-order valence-electron chi connectivity index (χ2n) is 7.09. The average Bonchev–Trinajstić information content (AvgIpc) is 3.03. The smallest absolute Gasteiger partial charge is 0.227 e. The van der Waals surface area contributed by atoms with E-state index in [-0.39, 0.29) is 17.7 Å². The van der Waals surface area contributed by atoms with E-state index in [1.165, 1.54) is 19.3 Å². The second kappa shape index (κ2) is 8.37. The Morgan fingerprint density at radius 2 is 1.92 bits per heavy atom. The maximum Gasteiger partial charge on any atom is 0.227 e. The fourth-order valence-corrected chi connectivity index (χ4v) is 3.64. The lowest BCUT2D eigenvalue weighted by molar-refractivity contribution is -0.127. The number of hydrogen-bond donors (Lipinski definition) is 1. The average molecular weight is 344 g/mol. The first-order valence-corrected chi connectivity index (χ1v) is 9.51. The van der Waals surface area contributed by atoms with Crippen molar-refractivity contribution < 1.29 is 14.3 Å². The van der Waals surface area contributed by atoms with E-state index in [1.54, 1.807) is 4.90 Å². The van der Waals surface area contributed by atoms with Crippen molar-refractivity contribution in [3.8, 4) is 5.75 Å². The summed E-state index contributed by atoms with van der Waals surface area (Å²) in [4.78, 5) is 26.6. The lowest BCUT2D eigenvalue weighted by atomic mass is 9.95. The Bertz CT molecular complexity index is 593. The normalized spacial score (nSPS) is 21.4. The maximum atomic E-state index is 12.5. The fourth-order valence-electron chi connectivity index (χ4n) is 3.64. The molecular weight excluding hydrogens is 316 g/mol. The van der Waals surface area contributed by atoms with E-state index in [0.29, 0.717) is 25.6 Å². The molecule has 1 aliphatic heterocycles. The van der Waals surface area contributed by atoms with E-state index < -0.39 is 0 Å². The number of ether oxygens (including phenoxy) is 1. The Hall–Kier alpha value is -2.04. The molecule has 1 aromatic carbocycles. The van der Waals surface area contributed by atoms with Gasteiger partial charge in [-0.05, 0) is 43.5 Å². The van der Waals surface area contributed by atoms with Gasteiger partial charge in [-0.3, -0.25) is 9.59 Å². The summed E-state index contributed by atoms with van der Waals surface area (Å²) in [5.74, 6) is 0.617. The first kappa shape index (κ1) is 17.8. The minimum atomic E-state index is -0.245. The van der Waals surface area contributed by atoms with Gasteiger partial charge >= 0.3 is 0 Å². The van der Waals surface area contributed by atoms with Crippen LogP contribution in [0.3, 0.4) is 0 Å². The van der Waals surface area contributed by atoms with Gasteiger partial charge in [0, 0.05) is 24.7 Å². The predicted molar refractivity (Wildman–Crippen MR) is 97.7 cm³/mol. The minimum absolute atomic E-state index is 0.0195. The zero-order valence-electron chi connectivity index (χ0n) is 15.0. The molecule has 2 aliphatic rings. The van der Waals surface area contributed by atoms with Crippen LogP contribution in [0.4, 0.5) is 5.69 Å². The van der Waals surface area contributed by atoms with Crippen LogP contribution in [0.5, 0.6) is 5.75 Å². The number of hydrogen-bond acceptors (Lipinski definition) is 3. The Kier molecular flexibility index (Phi) is 5.95. The molecule has 0 unspecified atom stereocenters. The predicted octanol–water partition coefficient (Wildman–Crippen LogP) is 3.28. The van der Waals surface area contributed by atoms with Crippen LogP contribution in [0.15, 0.2) is 24.3 Å². The number of anilines is 1. The van der Waals surface area contributed by atoms with Gasteiger partial charge in [0.1, 0.15) is 5.75 Å². The first-order chi connectivity index (χ1) is 12.2. The molecule has 1 saturated carbocycles. The fraction of sp³-hybridized carbons (Fsp3) is 0.600. The summed E-state index contributed by atoms with van der Waals surface area (Å²) in [6.07, 6.45) is 7.03. The highest BCUT2D eigenvalue weighted by Gasteiger charge is 2.35. The van der Waals surface area contributed by atoms with Gasteiger partial charge in [0.15, 0.2) is 0 Å². The highest BCUT2D eigenvalue weighted by molar-refractivity contribution is 6.00. The zero-order valence-corrected chi connectivity index (χ0v) is 15.0. The van der Waals surface area contributed by atoms with Crippen LogP contribution >= 0.6 is 0 Å². The van der Waals surface area contributed by atoms with Crippen LogP contribution in [0.25, 0.3) is 0 Å². The molecule has 1 aliphatic carbocycles. The van der Waals surface area contributed by atoms with Gasteiger partial charge in [-0.1, -0.05) is 26.2 Å². The third-order valence-corrected chi connectivity index (χ3v) is 5.07. The molecule has 5 heteroatoms. The van der Waals surface area contributed by atoms with E-state index in [2.05, 4.69) is 12.2 Å². The molecule has 136 valence electrons. The largest absolute Gasteiger partial charge is 0.494 e. The van der Waals surface area contributed by atoms with Crippen molar-refractivity contribution in [2.75, 3.05) is 18.1 Å². The van der Waals surface area contributed by atoms with Crippen molar-refractivity contribution in [2.24, 2.45) is 5.92 Å². The molecule has 1 saturated heterocycles. The summed E-state index contributed by atoms with van der Waals surface area (Å²) in [5.41, 5.74) is 0.835. The van der Waals surface area contributed by atoms with Crippen molar-refractivity contribution >= 4 is 17.5 Å². The molecule has 0 spiro atoms. The highest BCUT2D eigenvalue weighted by Crippen LogP contribution is 2.27.